The van der Waals surface area contributed by atoms with E-state index in [1.165, 1.54) is 5.56 Å². The van der Waals surface area contributed by atoms with Crippen LogP contribution in [0.2, 0.25) is 5.02 Å². The topological polar surface area (TPSA) is 27.3 Å². The molecule has 0 radical (unpaired) electrons. The van der Waals surface area contributed by atoms with Crippen molar-refractivity contribution in [3.05, 3.63) is 63.5 Å². The number of hydrogen-bond acceptors (Lipinski definition) is 3. The highest BCUT2D eigenvalue weighted by atomic mass is 35.5. The summed E-state index contributed by atoms with van der Waals surface area (Å²) < 4.78 is 13.5. The van der Waals surface area contributed by atoms with E-state index in [2.05, 4.69) is 12.1 Å². The fourth-order valence-electron chi connectivity index (χ4n) is 2.82. The molecule has 0 saturated heterocycles. The monoisotopic (exact) mass is 317 g/mol. The first kappa shape index (κ1) is 13.1. The molecule has 3 aromatic rings. The van der Waals surface area contributed by atoms with E-state index in [4.69, 9.17) is 33.0 Å². The van der Waals surface area contributed by atoms with Gasteiger partial charge in [0.2, 0.25) is 0 Å². The molecule has 1 aliphatic heterocycles. The molecule has 21 heavy (non-hydrogen) atoms. The zero-order valence-corrected chi connectivity index (χ0v) is 12.7. The van der Waals surface area contributed by atoms with Crippen LogP contribution >= 0.6 is 23.8 Å². The molecule has 0 spiro atoms. The molecule has 4 rings (SSSR count). The Bertz CT molecular complexity index is 883. The number of benzene rings is 2. The Labute approximate surface area is 131 Å². The zero-order chi connectivity index (χ0) is 14.4. The number of hydrogen-bond donors (Lipinski definition) is 0. The average molecular weight is 318 g/mol. The van der Waals surface area contributed by atoms with Crippen LogP contribution in [0, 0.1) is 4.84 Å². The summed E-state index contributed by atoms with van der Waals surface area (Å²) in [6.07, 6.45) is 0.651. The van der Waals surface area contributed by atoms with Gasteiger partial charge in [0.25, 0.3) is 4.84 Å². The maximum Gasteiger partial charge on any atom is 0.272 e. The van der Waals surface area contributed by atoms with E-state index < -0.39 is 0 Å². The molecule has 1 aliphatic rings. The van der Waals surface area contributed by atoms with E-state index in [0.717, 1.165) is 23.1 Å². The van der Waals surface area contributed by atoms with E-state index in [1.54, 1.807) is 6.07 Å². The molecule has 2 heterocycles. The molecule has 2 aromatic carbocycles. The third-order valence-electron chi connectivity index (χ3n) is 3.78. The number of nitrogens with zero attached hydrogens (tertiary/aromatic N) is 1. The average Bonchev–Trinajstić information content (AvgIpc) is 2.82. The maximum atomic E-state index is 6.11. The lowest BCUT2D eigenvalue weighted by atomic mass is 10.0. The van der Waals surface area contributed by atoms with Crippen molar-refractivity contribution in [1.29, 1.82) is 0 Å². The van der Waals surface area contributed by atoms with E-state index in [0.29, 0.717) is 16.5 Å². The van der Waals surface area contributed by atoms with Gasteiger partial charge in [-0.1, -0.05) is 35.9 Å². The Morgan fingerprint density at radius 3 is 2.95 bits per heavy atom. The van der Waals surface area contributed by atoms with Crippen LogP contribution < -0.4 is 0 Å². The summed E-state index contributed by atoms with van der Waals surface area (Å²) in [6, 6.07) is 13.7. The van der Waals surface area contributed by atoms with Gasteiger partial charge in [0.1, 0.15) is 0 Å². The van der Waals surface area contributed by atoms with Crippen molar-refractivity contribution in [2.75, 3.05) is 6.61 Å². The maximum absolute atomic E-state index is 6.11. The Morgan fingerprint density at radius 2 is 2.05 bits per heavy atom. The molecular weight excluding hydrogens is 306 g/mol. The van der Waals surface area contributed by atoms with Gasteiger partial charge in [0.15, 0.2) is 11.8 Å². The van der Waals surface area contributed by atoms with Crippen molar-refractivity contribution < 1.29 is 9.15 Å². The predicted molar refractivity (Wildman–Crippen MR) is 84.3 cm³/mol. The zero-order valence-electron chi connectivity index (χ0n) is 11.1. The summed E-state index contributed by atoms with van der Waals surface area (Å²) in [7, 11) is 0. The third-order valence-corrected chi connectivity index (χ3v) is 4.29. The second kappa shape index (κ2) is 4.98. The van der Waals surface area contributed by atoms with Gasteiger partial charge in [-0.2, -0.15) is 0 Å². The van der Waals surface area contributed by atoms with Crippen LogP contribution in [0.3, 0.4) is 0 Å². The van der Waals surface area contributed by atoms with Crippen molar-refractivity contribution in [3.63, 3.8) is 0 Å². The molecule has 106 valence electrons. The molecule has 3 nitrogen and oxygen atoms in total. The number of ether oxygens (including phenoxy) is 1. The minimum atomic E-state index is -0.262. The Hall–Kier alpha value is -1.62. The summed E-state index contributed by atoms with van der Waals surface area (Å²) in [6.45, 7) is 0.663. The summed E-state index contributed by atoms with van der Waals surface area (Å²) in [5.41, 5.74) is 3.99. The number of oxazole rings is 1. The van der Waals surface area contributed by atoms with Gasteiger partial charge < -0.3 is 9.15 Å². The number of rotatable bonds is 1. The molecule has 0 N–H and O–H groups in total. The highest BCUT2D eigenvalue weighted by molar-refractivity contribution is 7.71. The van der Waals surface area contributed by atoms with Gasteiger partial charge in [0.05, 0.1) is 12.1 Å². The van der Waals surface area contributed by atoms with E-state index in [-0.39, 0.29) is 6.23 Å². The highest BCUT2D eigenvalue weighted by Crippen LogP contribution is 2.33. The van der Waals surface area contributed by atoms with Crippen molar-refractivity contribution in [1.82, 2.24) is 4.57 Å². The first-order valence-electron chi connectivity index (χ1n) is 6.74. The molecule has 0 saturated carbocycles. The molecular formula is C16H12ClNO2S. The lowest BCUT2D eigenvalue weighted by Crippen LogP contribution is -2.22. The lowest BCUT2D eigenvalue weighted by Gasteiger charge is -2.27. The Kier molecular flexibility index (Phi) is 3.10. The van der Waals surface area contributed by atoms with Crippen LogP contribution in [-0.2, 0) is 11.2 Å². The second-order valence-electron chi connectivity index (χ2n) is 5.02. The van der Waals surface area contributed by atoms with E-state index in [1.807, 2.05) is 28.8 Å². The summed E-state index contributed by atoms with van der Waals surface area (Å²) in [5, 5.41) is 0.649. The minimum Gasteiger partial charge on any atom is -0.429 e. The van der Waals surface area contributed by atoms with Gasteiger partial charge in [-0.05, 0) is 42.4 Å². The van der Waals surface area contributed by atoms with Gasteiger partial charge >= 0.3 is 0 Å². The molecule has 1 atom stereocenters. The quantitative estimate of drug-likeness (QED) is 0.607. The van der Waals surface area contributed by atoms with Gasteiger partial charge in [-0.25, -0.2) is 0 Å². The number of halogens is 1. The number of aromatic nitrogens is 1. The minimum absolute atomic E-state index is 0.262. The second-order valence-corrected chi connectivity index (χ2v) is 5.81. The van der Waals surface area contributed by atoms with Crippen LogP contribution in [0.15, 0.2) is 46.9 Å². The van der Waals surface area contributed by atoms with Crippen LogP contribution in [0.25, 0.3) is 11.1 Å². The molecule has 0 unspecified atom stereocenters. The molecule has 0 aliphatic carbocycles. The third kappa shape index (κ3) is 2.11. The van der Waals surface area contributed by atoms with Gasteiger partial charge in [-0.3, -0.25) is 4.57 Å². The van der Waals surface area contributed by atoms with Gasteiger partial charge in [0, 0.05) is 10.6 Å². The van der Waals surface area contributed by atoms with Crippen LogP contribution in [0.5, 0.6) is 0 Å². The van der Waals surface area contributed by atoms with Crippen LogP contribution in [0.4, 0.5) is 0 Å². The van der Waals surface area contributed by atoms with Crippen molar-refractivity contribution in [2.45, 2.75) is 12.6 Å². The van der Waals surface area contributed by atoms with Crippen LogP contribution in [-0.4, -0.2) is 11.2 Å². The largest absolute Gasteiger partial charge is 0.429 e. The predicted octanol–water partition coefficient (Wildman–Crippen LogP) is 4.74. The van der Waals surface area contributed by atoms with Gasteiger partial charge in [-0.15, -0.1) is 0 Å². The summed E-state index contributed by atoms with van der Waals surface area (Å²) in [5.74, 6) is 0. The lowest BCUT2D eigenvalue weighted by molar-refractivity contribution is 0.0220. The molecule has 1 aromatic heterocycles. The fourth-order valence-corrected chi connectivity index (χ4v) is 3.27. The van der Waals surface area contributed by atoms with Crippen LogP contribution in [0.1, 0.15) is 17.4 Å². The molecule has 5 heteroatoms. The summed E-state index contributed by atoms with van der Waals surface area (Å²) >= 11 is 11.5. The standard InChI is InChI=1S/C16H12ClNO2S/c17-11-5-6-14-13(9-11)18(16(21)20-14)15-12-4-2-1-3-10(12)7-8-19-15/h1-6,9,15H,7-8H2/t15-/m1/s1. The SMILES string of the molecule is S=c1oc2ccc(Cl)cc2n1[C@@H]1OCCc2ccccc21. The van der Waals surface area contributed by atoms with E-state index >= 15 is 0 Å². The Morgan fingerprint density at radius 1 is 1.19 bits per heavy atom. The highest BCUT2D eigenvalue weighted by Gasteiger charge is 2.25. The van der Waals surface area contributed by atoms with Crippen molar-refractivity contribution in [3.8, 4) is 0 Å². The number of fused-ring (bicyclic) bond motifs is 2. The molecule has 0 bridgehead atoms. The molecule has 0 amide bonds. The summed E-state index contributed by atoms with van der Waals surface area (Å²) in [4.78, 5) is 0.397. The normalized spacial score (nSPS) is 17.9. The van der Waals surface area contributed by atoms with Crippen molar-refractivity contribution >= 4 is 34.9 Å². The fraction of sp³-hybridized carbons (Fsp3) is 0.188. The first-order valence-corrected chi connectivity index (χ1v) is 7.52. The molecule has 0 fully saturated rings. The Balaban J connectivity index is 1.98. The first-order chi connectivity index (χ1) is 10.2. The van der Waals surface area contributed by atoms with E-state index in [9.17, 15) is 0 Å². The van der Waals surface area contributed by atoms with Crippen molar-refractivity contribution in [2.24, 2.45) is 0 Å². The smallest absolute Gasteiger partial charge is 0.272 e.